The maximum atomic E-state index is 13.3. The fourth-order valence-corrected chi connectivity index (χ4v) is 3.83. The number of benzene rings is 2. The van der Waals surface area contributed by atoms with Gasteiger partial charge in [-0.15, -0.1) is 11.3 Å². The van der Waals surface area contributed by atoms with Crippen molar-refractivity contribution in [2.45, 2.75) is 18.6 Å². The summed E-state index contributed by atoms with van der Waals surface area (Å²) in [6.45, 7) is 0. The van der Waals surface area contributed by atoms with E-state index in [0.29, 0.717) is 6.42 Å². The van der Waals surface area contributed by atoms with Crippen LogP contribution in [0.5, 0.6) is 5.75 Å². The number of hydrogen-bond donors (Lipinski definition) is 2. The van der Waals surface area contributed by atoms with Crippen LogP contribution >= 0.6 is 11.3 Å². The van der Waals surface area contributed by atoms with Crippen molar-refractivity contribution < 1.29 is 9.50 Å². The number of aliphatic imine (C=N–C) groups is 1. The highest BCUT2D eigenvalue weighted by atomic mass is 32.1. The minimum atomic E-state index is -0.281. The highest BCUT2D eigenvalue weighted by molar-refractivity contribution is 7.12. The number of rotatable bonds is 3. The molecule has 2 N–H and O–H groups in total. The number of phenols is 1. The lowest BCUT2D eigenvalue weighted by molar-refractivity contribution is 0.412. The molecule has 1 aliphatic heterocycles. The molecule has 3 aromatic rings. The van der Waals surface area contributed by atoms with Gasteiger partial charge in [-0.05, 0) is 35.2 Å². The average molecular weight is 352 g/mol. The molecule has 2 heterocycles. The number of nitrogens with zero attached hydrogens (tertiary/aromatic N) is 1. The van der Waals surface area contributed by atoms with E-state index in [1.165, 1.54) is 12.1 Å². The Morgan fingerprint density at radius 1 is 1.04 bits per heavy atom. The summed E-state index contributed by atoms with van der Waals surface area (Å²) in [6.07, 6.45) is 0.409. The van der Waals surface area contributed by atoms with Crippen LogP contribution in [0.15, 0.2) is 71.0 Å². The molecule has 1 aromatic heterocycles. The largest absolute Gasteiger partial charge is 0.508 e. The van der Waals surface area contributed by atoms with Crippen molar-refractivity contribution in [2.24, 2.45) is 4.99 Å². The lowest BCUT2D eigenvalue weighted by atomic mass is 9.96. The third-order valence-corrected chi connectivity index (χ3v) is 5.26. The number of hydrogen-bond acceptors (Lipinski definition) is 4. The molecule has 126 valence electrons. The predicted octanol–water partition coefficient (Wildman–Crippen LogP) is 4.82. The molecule has 0 saturated carbocycles. The fraction of sp³-hybridized carbons (Fsp3) is 0.150. The summed E-state index contributed by atoms with van der Waals surface area (Å²) < 4.78 is 13.3. The van der Waals surface area contributed by atoms with Crippen LogP contribution in [-0.4, -0.2) is 10.8 Å². The van der Waals surface area contributed by atoms with Gasteiger partial charge < -0.3 is 5.11 Å². The molecule has 0 aliphatic carbocycles. The minimum absolute atomic E-state index is 0.0640. The van der Waals surface area contributed by atoms with Crippen molar-refractivity contribution in [1.29, 1.82) is 0 Å². The first-order chi connectivity index (χ1) is 12.2. The van der Waals surface area contributed by atoms with E-state index in [2.05, 4.69) is 11.4 Å². The average Bonchev–Trinajstić information content (AvgIpc) is 3.17. The van der Waals surface area contributed by atoms with Crippen LogP contribution in [0.1, 0.15) is 34.6 Å². The number of para-hydroxylation sites is 1. The van der Waals surface area contributed by atoms with E-state index in [0.717, 1.165) is 21.7 Å². The van der Waals surface area contributed by atoms with Crippen LogP contribution in [0.4, 0.5) is 4.39 Å². The maximum Gasteiger partial charge on any atom is 0.126 e. The van der Waals surface area contributed by atoms with Crippen LogP contribution < -0.4 is 5.32 Å². The molecule has 1 aliphatic rings. The summed E-state index contributed by atoms with van der Waals surface area (Å²) in [7, 11) is 0. The second-order valence-corrected chi connectivity index (χ2v) is 6.94. The Morgan fingerprint density at radius 2 is 1.84 bits per heavy atom. The molecule has 2 atom stereocenters. The normalized spacial score (nSPS) is 20.3. The topological polar surface area (TPSA) is 44.6 Å². The van der Waals surface area contributed by atoms with Crippen molar-refractivity contribution in [3.63, 3.8) is 0 Å². The Hall–Kier alpha value is -2.50. The predicted molar refractivity (Wildman–Crippen MR) is 98.6 cm³/mol. The quantitative estimate of drug-likeness (QED) is 0.710. The molecule has 5 heteroatoms. The second kappa shape index (κ2) is 6.78. The fourth-order valence-electron chi connectivity index (χ4n) is 3.09. The molecule has 0 saturated heterocycles. The van der Waals surface area contributed by atoms with E-state index in [4.69, 9.17) is 4.99 Å². The number of halogens is 1. The molecule has 0 amide bonds. The Kier molecular flexibility index (Phi) is 4.34. The van der Waals surface area contributed by atoms with Gasteiger partial charge in [-0.1, -0.05) is 36.4 Å². The molecule has 0 fully saturated rings. The highest BCUT2D eigenvalue weighted by Gasteiger charge is 2.27. The van der Waals surface area contributed by atoms with E-state index < -0.39 is 0 Å². The van der Waals surface area contributed by atoms with Crippen LogP contribution in [0, 0.1) is 5.82 Å². The molecule has 0 bridgehead atoms. The number of aromatic hydroxyl groups is 1. The molecule has 3 nitrogen and oxygen atoms in total. The minimum Gasteiger partial charge on any atom is -0.508 e. The zero-order chi connectivity index (χ0) is 17.2. The molecule has 25 heavy (non-hydrogen) atoms. The molecule has 0 radical (unpaired) electrons. The van der Waals surface area contributed by atoms with E-state index in [1.54, 1.807) is 29.5 Å². The van der Waals surface area contributed by atoms with Crippen LogP contribution in [0.3, 0.4) is 0 Å². The zero-order valence-electron chi connectivity index (χ0n) is 13.4. The summed E-state index contributed by atoms with van der Waals surface area (Å²) in [5.41, 5.74) is 2.74. The molecule has 2 unspecified atom stereocenters. The third-order valence-electron chi connectivity index (χ3n) is 4.34. The van der Waals surface area contributed by atoms with Gasteiger partial charge in [-0.3, -0.25) is 10.3 Å². The van der Waals surface area contributed by atoms with Crippen LogP contribution in [0.25, 0.3) is 0 Å². The smallest absolute Gasteiger partial charge is 0.126 e. The van der Waals surface area contributed by atoms with Gasteiger partial charge >= 0.3 is 0 Å². The van der Waals surface area contributed by atoms with Crippen LogP contribution in [0.2, 0.25) is 0 Å². The first kappa shape index (κ1) is 16.0. The third kappa shape index (κ3) is 3.34. The first-order valence-corrected chi connectivity index (χ1v) is 8.98. The summed E-state index contributed by atoms with van der Waals surface area (Å²) in [6, 6.07) is 17.7. The Balaban J connectivity index is 1.74. The molecular weight excluding hydrogens is 335 g/mol. The summed E-state index contributed by atoms with van der Waals surface area (Å²) in [5, 5.41) is 15.7. The van der Waals surface area contributed by atoms with Gasteiger partial charge in [0.1, 0.15) is 17.7 Å². The summed E-state index contributed by atoms with van der Waals surface area (Å²) in [5.74, 6) is 0.00422. The van der Waals surface area contributed by atoms with Crippen molar-refractivity contribution in [1.82, 2.24) is 5.32 Å². The van der Waals surface area contributed by atoms with Crippen LogP contribution in [-0.2, 0) is 0 Å². The van der Waals surface area contributed by atoms with Gasteiger partial charge in [0.05, 0.1) is 5.71 Å². The Bertz CT molecular complexity index is 890. The second-order valence-electron chi connectivity index (χ2n) is 5.99. The summed E-state index contributed by atoms with van der Waals surface area (Å²) >= 11 is 1.65. The monoisotopic (exact) mass is 352 g/mol. The number of phenolic OH excluding ortho intramolecular Hbond substituents is 1. The standard InChI is InChI=1S/C20H17FN2OS/c21-14-9-7-13(8-10-14)20-22-16(15-4-1-2-5-18(15)24)12-17(23-20)19-6-3-11-25-19/h1-11,16,20,22,24H,12H2. The van der Waals surface area contributed by atoms with Gasteiger partial charge in [0.15, 0.2) is 0 Å². The lowest BCUT2D eigenvalue weighted by Gasteiger charge is -2.30. The SMILES string of the molecule is Oc1ccccc1C1CC(c2cccs2)=NC(c2ccc(F)cc2)N1. The molecule has 0 spiro atoms. The van der Waals surface area contributed by atoms with E-state index in [1.807, 2.05) is 29.6 Å². The van der Waals surface area contributed by atoms with Crippen molar-refractivity contribution in [3.8, 4) is 5.75 Å². The van der Waals surface area contributed by atoms with Crippen molar-refractivity contribution >= 4 is 17.0 Å². The van der Waals surface area contributed by atoms with Crippen molar-refractivity contribution in [2.75, 3.05) is 0 Å². The van der Waals surface area contributed by atoms with E-state index in [-0.39, 0.29) is 23.8 Å². The first-order valence-electron chi connectivity index (χ1n) is 8.10. The van der Waals surface area contributed by atoms with Gasteiger partial charge in [0.2, 0.25) is 0 Å². The molecule has 4 rings (SSSR count). The zero-order valence-corrected chi connectivity index (χ0v) is 14.2. The van der Waals surface area contributed by atoms with Gasteiger partial charge in [0.25, 0.3) is 0 Å². The lowest BCUT2D eigenvalue weighted by Crippen LogP contribution is -2.32. The van der Waals surface area contributed by atoms with Gasteiger partial charge in [-0.2, -0.15) is 0 Å². The molecule has 2 aromatic carbocycles. The van der Waals surface area contributed by atoms with E-state index >= 15 is 0 Å². The highest BCUT2D eigenvalue weighted by Crippen LogP contribution is 2.34. The van der Waals surface area contributed by atoms with E-state index in [9.17, 15) is 9.50 Å². The van der Waals surface area contributed by atoms with Gasteiger partial charge in [0, 0.05) is 22.9 Å². The van der Waals surface area contributed by atoms with Crippen molar-refractivity contribution in [3.05, 3.63) is 87.9 Å². The number of nitrogens with one attached hydrogen (secondary N) is 1. The summed E-state index contributed by atoms with van der Waals surface area (Å²) in [4.78, 5) is 5.96. The number of thiophene rings is 1. The Labute approximate surface area is 149 Å². The molecular formula is C20H17FN2OS. The Morgan fingerprint density at radius 3 is 2.56 bits per heavy atom. The van der Waals surface area contributed by atoms with Gasteiger partial charge in [-0.25, -0.2) is 4.39 Å². The maximum absolute atomic E-state index is 13.3.